The lowest BCUT2D eigenvalue weighted by molar-refractivity contribution is 0.269. The molecule has 0 saturated heterocycles. The minimum Gasteiger partial charge on any atom is -0.493 e. The molecule has 0 saturated carbocycles. The van der Waals surface area contributed by atoms with Crippen molar-refractivity contribution >= 4 is 11.8 Å². The molecule has 0 atom stereocenters. The summed E-state index contributed by atoms with van der Waals surface area (Å²) in [5, 5.41) is 3.34. The standard InChI is InChI=1S/C20H25NO/c1-2-21-15-9-10-16-22-20(19-13-7-4-8-14-19)17-18-11-5-3-6-12-18/h3-8,11-14,17,21H,2,9-10,15-16H2,1H3. The summed E-state index contributed by atoms with van der Waals surface area (Å²) in [5.74, 6) is 0.940. The second kappa shape index (κ2) is 9.80. The van der Waals surface area contributed by atoms with Crippen LogP contribution < -0.4 is 5.32 Å². The van der Waals surface area contributed by atoms with E-state index in [0.29, 0.717) is 0 Å². The summed E-state index contributed by atoms with van der Waals surface area (Å²) in [5.41, 5.74) is 2.28. The van der Waals surface area contributed by atoms with Gasteiger partial charge in [-0.05, 0) is 37.6 Å². The molecule has 0 aliphatic heterocycles. The van der Waals surface area contributed by atoms with Gasteiger partial charge in [-0.2, -0.15) is 0 Å². The van der Waals surface area contributed by atoms with Crippen LogP contribution >= 0.6 is 0 Å². The fourth-order valence-electron chi connectivity index (χ4n) is 2.22. The quantitative estimate of drug-likeness (QED) is 0.415. The molecule has 2 aromatic rings. The second-order valence-corrected chi connectivity index (χ2v) is 5.19. The highest BCUT2D eigenvalue weighted by atomic mass is 16.5. The van der Waals surface area contributed by atoms with Crippen molar-refractivity contribution in [3.05, 3.63) is 71.8 Å². The highest BCUT2D eigenvalue weighted by Gasteiger charge is 2.03. The van der Waals surface area contributed by atoms with Crippen molar-refractivity contribution in [3.63, 3.8) is 0 Å². The van der Waals surface area contributed by atoms with E-state index < -0.39 is 0 Å². The van der Waals surface area contributed by atoms with Gasteiger partial charge in [0.2, 0.25) is 0 Å². The molecular formula is C20H25NO. The lowest BCUT2D eigenvalue weighted by Gasteiger charge is -2.11. The average Bonchev–Trinajstić information content (AvgIpc) is 2.58. The maximum atomic E-state index is 6.05. The van der Waals surface area contributed by atoms with E-state index in [4.69, 9.17) is 4.74 Å². The Morgan fingerprint density at radius 2 is 1.64 bits per heavy atom. The van der Waals surface area contributed by atoms with Crippen LogP contribution in [0.2, 0.25) is 0 Å². The van der Waals surface area contributed by atoms with E-state index >= 15 is 0 Å². The second-order valence-electron chi connectivity index (χ2n) is 5.19. The summed E-state index contributed by atoms with van der Waals surface area (Å²) in [6, 6.07) is 20.6. The first-order chi connectivity index (χ1) is 10.9. The zero-order valence-corrected chi connectivity index (χ0v) is 13.3. The molecule has 2 aromatic carbocycles. The van der Waals surface area contributed by atoms with E-state index in [1.807, 2.05) is 36.4 Å². The lowest BCUT2D eigenvalue weighted by Crippen LogP contribution is -2.14. The number of nitrogens with one attached hydrogen (secondary N) is 1. The van der Waals surface area contributed by atoms with Crippen LogP contribution in [0.25, 0.3) is 11.8 Å². The summed E-state index contributed by atoms with van der Waals surface area (Å²) < 4.78 is 6.05. The van der Waals surface area contributed by atoms with Gasteiger partial charge in [0.15, 0.2) is 0 Å². The van der Waals surface area contributed by atoms with Gasteiger partial charge in [0, 0.05) is 5.56 Å². The molecule has 0 spiro atoms. The van der Waals surface area contributed by atoms with E-state index in [-0.39, 0.29) is 0 Å². The van der Waals surface area contributed by atoms with E-state index in [1.54, 1.807) is 0 Å². The van der Waals surface area contributed by atoms with Gasteiger partial charge >= 0.3 is 0 Å². The maximum Gasteiger partial charge on any atom is 0.127 e. The Balaban J connectivity index is 1.99. The van der Waals surface area contributed by atoms with Crippen LogP contribution in [0.1, 0.15) is 30.9 Å². The Labute approximate surface area is 133 Å². The molecule has 0 aliphatic rings. The molecule has 0 amide bonds. The predicted molar refractivity (Wildman–Crippen MR) is 94.5 cm³/mol. The van der Waals surface area contributed by atoms with Gasteiger partial charge in [0.25, 0.3) is 0 Å². The third-order valence-corrected chi connectivity index (χ3v) is 3.41. The smallest absolute Gasteiger partial charge is 0.127 e. The van der Waals surface area contributed by atoms with Crippen molar-refractivity contribution in [1.82, 2.24) is 5.32 Å². The van der Waals surface area contributed by atoms with Gasteiger partial charge in [-0.1, -0.05) is 67.6 Å². The Kier molecular flexibility index (Phi) is 7.27. The predicted octanol–water partition coefficient (Wildman–Crippen LogP) is 4.59. The van der Waals surface area contributed by atoms with Crippen LogP contribution in [-0.4, -0.2) is 19.7 Å². The molecule has 0 bridgehead atoms. The summed E-state index contributed by atoms with van der Waals surface area (Å²) in [6.07, 6.45) is 4.31. The average molecular weight is 295 g/mol. The topological polar surface area (TPSA) is 21.3 Å². The largest absolute Gasteiger partial charge is 0.493 e. The van der Waals surface area contributed by atoms with Crippen molar-refractivity contribution in [2.24, 2.45) is 0 Å². The molecule has 2 rings (SSSR count). The third kappa shape index (κ3) is 5.74. The molecule has 0 heterocycles. The number of rotatable bonds is 9. The number of ether oxygens (including phenoxy) is 1. The Hall–Kier alpha value is -2.06. The summed E-state index contributed by atoms with van der Waals surface area (Å²) in [4.78, 5) is 0. The van der Waals surface area contributed by atoms with Crippen LogP contribution in [0.5, 0.6) is 0 Å². The molecule has 0 aliphatic carbocycles. The van der Waals surface area contributed by atoms with Crippen LogP contribution in [0.3, 0.4) is 0 Å². The van der Waals surface area contributed by atoms with Crippen molar-refractivity contribution in [2.75, 3.05) is 19.7 Å². The van der Waals surface area contributed by atoms with Gasteiger partial charge in [-0.3, -0.25) is 0 Å². The van der Waals surface area contributed by atoms with Crippen molar-refractivity contribution in [1.29, 1.82) is 0 Å². The van der Waals surface area contributed by atoms with Gasteiger partial charge in [-0.25, -0.2) is 0 Å². The van der Waals surface area contributed by atoms with Crippen LogP contribution in [0, 0.1) is 0 Å². The minimum atomic E-state index is 0.749. The normalized spacial score (nSPS) is 11.4. The van der Waals surface area contributed by atoms with Gasteiger partial charge < -0.3 is 10.1 Å². The molecular weight excluding hydrogens is 270 g/mol. The van der Waals surface area contributed by atoms with Gasteiger partial charge in [0.1, 0.15) is 5.76 Å². The van der Waals surface area contributed by atoms with Crippen molar-refractivity contribution in [2.45, 2.75) is 19.8 Å². The lowest BCUT2D eigenvalue weighted by atomic mass is 10.1. The number of benzene rings is 2. The van der Waals surface area contributed by atoms with E-state index in [1.165, 1.54) is 0 Å². The third-order valence-electron chi connectivity index (χ3n) is 3.41. The maximum absolute atomic E-state index is 6.05. The van der Waals surface area contributed by atoms with E-state index in [9.17, 15) is 0 Å². The monoisotopic (exact) mass is 295 g/mol. The summed E-state index contributed by atoms with van der Waals surface area (Å²) in [6.45, 7) is 4.97. The Morgan fingerprint density at radius 3 is 2.32 bits per heavy atom. The first-order valence-corrected chi connectivity index (χ1v) is 8.06. The van der Waals surface area contributed by atoms with E-state index in [2.05, 4.69) is 42.6 Å². The Morgan fingerprint density at radius 1 is 0.955 bits per heavy atom. The number of unbranched alkanes of at least 4 members (excludes halogenated alkanes) is 1. The van der Waals surface area contributed by atoms with Crippen molar-refractivity contribution < 1.29 is 4.74 Å². The molecule has 0 fully saturated rings. The number of hydrogen-bond acceptors (Lipinski definition) is 2. The SMILES string of the molecule is CCNCCCCOC(=Cc1ccccc1)c1ccccc1. The van der Waals surface area contributed by atoms with Crippen LogP contribution in [0.4, 0.5) is 0 Å². The van der Waals surface area contributed by atoms with Crippen LogP contribution in [-0.2, 0) is 4.74 Å². The summed E-state index contributed by atoms with van der Waals surface area (Å²) >= 11 is 0. The highest BCUT2D eigenvalue weighted by molar-refractivity contribution is 5.77. The molecule has 22 heavy (non-hydrogen) atoms. The fraction of sp³-hybridized carbons (Fsp3) is 0.300. The minimum absolute atomic E-state index is 0.749. The summed E-state index contributed by atoms with van der Waals surface area (Å²) in [7, 11) is 0. The number of hydrogen-bond donors (Lipinski definition) is 1. The molecule has 2 heteroatoms. The molecule has 2 nitrogen and oxygen atoms in total. The first kappa shape index (κ1) is 16.3. The fourth-order valence-corrected chi connectivity index (χ4v) is 2.22. The molecule has 116 valence electrons. The zero-order valence-electron chi connectivity index (χ0n) is 13.3. The Bertz CT molecular complexity index is 548. The molecule has 0 unspecified atom stereocenters. The van der Waals surface area contributed by atoms with Crippen LogP contribution in [0.15, 0.2) is 60.7 Å². The highest BCUT2D eigenvalue weighted by Crippen LogP contribution is 2.19. The molecule has 0 aromatic heterocycles. The van der Waals surface area contributed by atoms with Crippen molar-refractivity contribution in [3.8, 4) is 0 Å². The van der Waals surface area contributed by atoms with Gasteiger partial charge in [0.05, 0.1) is 6.61 Å². The van der Waals surface area contributed by atoms with E-state index in [0.717, 1.165) is 49.4 Å². The molecule has 1 N–H and O–H groups in total. The molecule has 0 radical (unpaired) electrons. The van der Waals surface area contributed by atoms with Gasteiger partial charge in [-0.15, -0.1) is 0 Å². The first-order valence-electron chi connectivity index (χ1n) is 8.06. The zero-order chi connectivity index (χ0) is 15.5.